The Hall–Kier alpha value is -1.76. The minimum atomic E-state index is -1.21. The van der Waals surface area contributed by atoms with Crippen LogP contribution < -0.4 is 16.8 Å². The molecule has 0 radical (unpaired) electrons. The van der Waals surface area contributed by atoms with E-state index < -0.39 is 23.1 Å². The highest BCUT2D eigenvalue weighted by molar-refractivity contribution is 7.80. The van der Waals surface area contributed by atoms with Gasteiger partial charge in [-0.3, -0.25) is 4.79 Å². The average molecular weight is 273 g/mol. The van der Waals surface area contributed by atoms with E-state index >= 15 is 0 Å². The molecule has 0 fully saturated rings. The van der Waals surface area contributed by atoms with Crippen molar-refractivity contribution < 1.29 is 13.6 Å². The standard InChI is InChI=1S/C11H13F2N3OS/c1-11(2,10(15)17)16-6-4-3-5(9(14)18)7(12)8(6)13/h3-4,16H,1-2H3,(H2,14,18)(H2,15,17). The molecule has 7 heteroatoms. The Labute approximate surface area is 108 Å². The number of benzene rings is 1. The quantitative estimate of drug-likeness (QED) is 0.722. The summed E-state index contributed by atoms with van der Waals surface area (Å²) in [6.07, 6.45) is 0. The van der Waals surface area contributed by atoms with Crippen LogP contribution in [0.25, 0.3) is 0 Å². The van der Waals surface area contributed by atoms with Crippen molar-refractivity contribution in [3.05, 3.63) is 29.3 Å². The zero-order chi connectivity index (χ0) is 14.1. The Morgan fingerprint density at radius 2 is 1.83 bits per heavy atom. The molecule has 4 nitrogen and oxygen atoms in total. The van der Waals surface area contributed by atoms with Gasteiger partial charge in [0.1, 0.15) is 10.5 Å². The maximum absolute atomic E-state index is 13.7. The molecule has 1 rings (SSSR count). The number of hydrogen-bond donors (Lipinski definition) is 3. The minimum absolute atomic E-state index is 0.184. The smallest absolute Gasteiger partial charge is 0.242 e. The van der Waals surface area contributed by atoms with Gasteiger partial charge >= 0.3 is 0 Å². The minimum Gasteiger partial charge on any atom is -0.389 e. The summed E-state index contributed by atoms with van der Waals surface area (Å²) in [4.78, 5) is 10.9. The molecule has 98 valence electrons. The molecule has 0 aliphatic rings. The van der Waals surface area contributed by atoms with E-state index in [-0.39, 0.29) is 16.2 Å². The Balaban J connectivity index is 3.18. The molecule has 0 saturated carbocycles. The lowest BCUT2D eigenvalue weighted by Crippen LogP contribution is -2.45. The number of hydrogen-bond acceptors (Lipinski definition) is 3. The molecule has 0 spiro atoms. The van der Waals surface area contributed by atoms with Crippen LogP contribution in [0.15, 0.2) is 12.1 Å². The highest BCUT2D eigenvalue weighted by Crippen LogP contribution is 2.23. The number of carbonyl (C=O) groups is 1. The van der Waals surface area contributed by atoms with Crippen LogP contribution in [0.4, 0.5) is 14.5 Å². The normalized spacial score (nSPS) is 11.1. The van der Waals surface area contributed by atoms with E-state index in [1.807, 2.05) is 0 Å². The predicted octanol–water partition coefficient (Wildman–Crippen LogP) is 1.27. The van der Waals surface area contributed by atoms with E-state index in [4.69, 9.17) is 11.5 Å². The van der Waals surface area contributed by atoms with Crippen LogP contribution in [0.3, 0.4) is 0 Å². The molecular weight excluding hydrogens is 260 g/mol. The predicted molar refractivity (Wildman–Crippen MR) is 69.1 cm³/mol. The van der Waals surface area contributed by atoms with Gasteiger partial charge in [0.05, 0.1) is 5.69 Å². The van der Waals surface area contributed by atoms with Crippen LogP contribution in [0.2, 0.25) is 0 Å². The fraction of sp³-hybridized carbons (Fsp3) is 0.273. The number of primary amides is 1. The van der Waals surface area contributed by atoms with Crippen molar-refractivity contribution in [1.82, 2.24) is 0 Å². The number of carbonyl (C=O) groups excluding carboxylic acids is 1. The highest BCUT2D eigenvalue weighted by atomic mass is 32.1. The molecule has 18 heavy (non-hydrogen) atoms. The summed E-state index contributed by atoms with van der Waals surface area (Å²) in [5, 5.41) is 2.52. The molecule has 1 aromatic rings. The number of thiocarbonyl (C=S) groups is 1. The summed E-state index contributed by atoms with van der Waals surface area (Å²) < 4.78 is 27.3. The van der Waals surface area contributed by atoms with Gasteiger partial charge in [0.15, 0.2) is 11.6 Å². The van der Waals surface area contributed by atoms with Crippen molar-refractivity contribution in [3.8, 4) is 0 Å². The van der Waals surface area contributed by atoms with E-state index in [2.05, 4.69) is 17.5 Å². The van der Waals surface area contributed by atoms with Crippen molar-refractivity contribution in [2.24, 2.45) is 11.5 Å². The van der Waals surface area contributed by atoms with Crippen molar-refractivity contribution in [2.45, 2.75) is 19.4 Å². The first kappa shape index (κ1) is 14.3. The van der Waals surface area contributed by atoms with Crippen molar-refractivity contribution in [3.63, 3.8) is 0 Å². The number of nitrogens with two attached hydrogens (primary N) is 2. The molecule has 0 saturated heterocycles. The lowest BCUT2D eigenvalue weighted by atomic mass is 10.0. The fourth-order valence-corrected chi connectivity index (χ4v) is 1.39. The van der Waals surface area contributed by atoms with E-state index in [1.165, 1.54) is 26.0 Å². The Morgan fingerprint density at radius 1 is 1.28 bits per heavy atom. The number of amides is 1. The first-order valence-electron chi connectivity index (χ1n) is 5.02. The van der Waals surface area contributed by atoms with Crippen LogP contribution in [0.1, 0.15) is 19.4 Å². The third-order valence-corrected chi connectivity index (χ3v) is 2.63. The topological polar surface area (TPSA) is 81.1 Å². The van der Waals surface area contributed by atoms with E-state index in [1.54, 1.807) is 0 Å². The van der Waals surface area contributed by atoms with Crippen LogP contribution >= 0.6 is 12.2 Å². The first-order valence-corrected chi connectivity index (χ1v) is 5.43. The highest BCUT2D eigenvalue weighted by Gasteiger charge is 2.27. The summed E-state index contributed by atoms with van der Waals surface area (Å²) in [5.41, 5.74) is 8.78. The Bertz CT molecular complexity index is 517. The number of nitrogens with one attached hydrogen (secondary N) is 1. The molecule has 0 bridgehead atoms. The van der Waals surface area contributed by atoms with E-state index in [9.17, 15) is 13.6 Å². The maximum atomic E-state index is 13.7. The van der Waals surface area contributed by atoms with Gasteiger partial charge in [-0.1, -0.05) is 12.2 Å². The third kappa shape index (κ3) is 2.73. The number of rotatable bonds is 4. The van der Waals surface area contributed by atoms with Gasteiger partial charge in [0, 0.05) is 5.56 Å². The van der Waals surface area contributed by atoms with E-state index in [0.717, 1.165) is 0 Å². The molecule has 0 atom stereocenters. The molecule has 0 heterocycles. The Kier molecular flexibility index (Phi) is 3.85. The second-order valence-corrected chi connectivity index (χ2v) is 4.71. The zero-order valence-corrected chi connectivity index (χ0v) is 10.7. The Morgan fingerprint density at radius 3 is 2.28 bits per heavy atom. The van der Waals surface area contributed by atoms with Gasteiger partial charge in [-0.2, -0.15) is 0 Å². The van der Waals surface area contributed by atoms with Gasteiger partial charge in [-0.05, 0) is 26.0 Å². The molecule has 1 aromatic carbocycles. The molecule has 0 unspecified atom stereocenters. The van der Waals surface area contributed by atoms with Crippen molar-refractivity contribution in [2.75, 3.05) is 5.32 Å². The van der Waals surface area contributed by atoms with Crippen molar-refractivity contribution in [1.29, 1.82) is 0 Å². The summed E-state index contributed by atoms with van der Waals surface area (Å²) in [7, 11) is 0. The van der Waals surface area contributed by atoms with Gasteiger partial charge in [-0.15, -0.1) is 0 Å². The fourth-order valence-electron chi connectivity index (χ4n) is 1.23. The first-order chi connectivity index (χ1) is 8.16. The second kappa shape index (κ2) is 4.85. The molecule has 0 aliphatic carbocycles. The van der Waals surface area contributed by atoms with Gasteiger partial charge in [-0.25, -0.2) is 8.78 Å². The summed E-state index contributed by atoms with van der Waals surface area (Å²) in [6.45, 7) is 2.91. The third-order valence-electron chi connectivity index (χ3n) is 2.41. The number of halogens is 2. The average Bonchev–Trinajstić information content (AvgIpc) is 2.24. The van der Waals surface area contributed by atoms with Crippen LogP contribution in [0, 0.1) is 11.6 Å². The van der Waals surface area contributed by atoms with Crippen molar-refractivity contribution >= 4 is 28.8 Å². The van der Waals surface area contributed by atoms with Crippen LogP contribution in [-0.2, 0) is 4.79 Å². The largest absolute Gasteiger partial charge is 0.389 e. The monoisotopic (exact) mass is 273 g/mol. The number of anilines is 1. The van der Waals surface area contributed by atoms with Crippen LogP contribution in [-0.4, -0.2) is 16.4 Å². The molecule has 5 N–H and O–H groups in total. The lowest BCUT2D eigenvalue weighted by Gasteiger charge is -2.24. The summed E-state index contributed by atoms with van der Waals surface area (Å²) in [6, 6.07) is 2.48. The zero-order valence-electron chi connectivity index (χ0n) is 9.88. The van der Waals surface area contributed by atoms with Crippen LogP contribution in [0.5, 0.6) is 0 Å². The van der Waals surface area contributed by atoms with Gasteiger partial charge in [0.25, 0.3) is 0 Å². The molecule has 0 aromatic heterocycles. The maximum Gasteiger partial charge on any atom is 0.242 e. The van der Waals surface area contributed by atoms with Gasteiger partial charge < -0.3 is 16.8 Å². The summed E-state index contributed by atoms with van der Waals surface area (Å²) >= 11 is 4.58. The SMILES string of the molecule is CC(C)(Nc1ccc(C(N)=S)c(F)c1F)C(N)=O. The molecule has 0 aliphatic heterocycles. The molecular formula is C11H13F2N3OS. The van der Waals surface area contributed by atoms with E-state index in [0.29, 0.717) is 0 Å². The molecule has 1 amide bonds. The second-order valence-electron chi connectivity index (χ2n) is 4.27. The van der Waals surface area contributed by atoms with Gasteiger partial charge in [0.2, 0.25) is 5.91 Å². The lowest BCUT2D eigenvalue weighted by molar-refractivity contribution is -0.121. The summed E-state index contributed by atoms with van der Waals surface area (Å²) in [5.74, 6) is -3.01.